The topological polar surface area (TPSA) is 69.7 Å². The maximum atomic E-state index is 13.0. The van der Waals surface area contributed by atoms with Crippen molar-refractivity contribution in [1.82, 2.24) is 9.62 Å². The van der Waals surface area contributed by atoms with Crippen LogP contribution in [0.25, 0.3) is 0 Å². The Labute approximate surface area is 136 Å². The quantitative estimate of drug-likeness (QED) is 0.877. The van der Waals surface area contributed by atoms with E-state index in [9.17, 15) is 17.6 Å². The second-order valence-corrected chi connectivity index (χ2v) is 7.50. The van der Waals surface area contributed by atoms with E-state index in [1.165, 1.54) is 35.6 Å². The van der Waals surface area contributed by atoms with Gasteiger partial charge in [0.15, 0.2) is 0 Å². The zero-order valence-corrected chi connectivity index (χ0v) is 14.1. The van der Waals surface area contributed by atoms with Crippen LogP contribution in [0.3, 0.4) is 0 Å². The summed E-state index contributed by atoms with van der Waals surface area (Å²) in [7, 11) is -2.32. The molecule has 1 aromatic rings. The van der Waals surface area contributed by atoms with Crippen LogP contribution < -0.4 is 9.62 Å². The predicted octanol–water partition coefficient (Wildman–Crippen LogP) is 1.35. The van der Waals surface area contributed by atoms with Gasteiger partial charge < -0.3 is 5.32 Å². The summed E-state index contributed by atoms with van der Waals surface area (Å²) < 4.78 is 40.9. The summed E-state index contributed by atoms with van der Waals surface area (Å²) in [5.74, 6) is -0.870. The number of benzene rings is 1. The highest BCUT2D eigenvalue weighted by atomic mass is 32.2. The van der Waals surface area contributed by atoms with Gasteiger partial charge in [0.25, 0.3) is 0 Å². The van der Waals surface area contributed by atoms with Crippen LogP contribution in [0.5, 0.6) is 0 Å². The SMILES string of the molecule is CCNC(=O)C1CCCN(S(=O)(=O)N(C)c2ccc(F)cc2)C1. The summed E-state index contributed by atoms with van der Waals surface area (Å²) in [6.07, 6.45) is 1.32. The monoisotopic (exact) mass is 343 g/mol. The van der Waals surface area contributed by atoms with Gasteiger partial charge in [0, 0.05) is 26.7 Å². The molecule has 1 amide bonds. The Kier molecular flexibility index (Phi) is 5.59. The fourth-order valence-electron chi connectivity index (χ4n) is 2.64. The van der Waals surface area contributed by atoms with Crippen molar-refractivity contribution in [3.05, 3.63) is 30.1 Å². The van der Waals surface area contributed by atoms with Gasteiger partial charge in [-0.3, -0.25) is 9.10 Å². The fraction of sp³-hybridized carbons (Fsp3) is 0.533. The van der Waals surface area contributed by atoms with Crippen LogP contribution in [0.15, 0.2) is 24.3 Å². The molecule has 1 saturated heterocycles. The van der Waals surface area contributed by atoms with Crippen molar-refractivity contribution in [2.24, 2.45) is 5.92 Å². The first kappa shape index (κ1) is 17.7. The highest BCUT2D eigenvalue weighted by Gasteiger charge is 2.34. The molecule has 8 heteroatoms. The number of halogens is 1. The average molecular weight is 343 g/mol. The minimum absolute atomic E-state index is 0.114. The van der Waals surface area contributed by atoms with Gasteiger partial charge in [-0.25, -0.2) is 4.39 Å². The molecule has 1 atom stereocenters. The van der Waals surface area contributed by atoms with Crippen LogP contribution in [0.4, 0.5) is 10.1 Å². The summed E-state index contributed by atoms with van der Waals surface area (Å²) >= 11 is 0. The lowest BCUT2D eigenvalue weighted by Crippen LogP contribution is -2.49. The van der Waals surface area contributed by atoms with Gasteiger partial charge in [-0.1, -0.05) is 0 Å². The van der Waals surface area contributed by atoms with Crippen molar-refractivity contribution >= 4 is 21.8 Å². The Morgan fingerprint density at radius 1 is 1.39 bits per heavy atom. The van der Waals surface area contributed by atoms with E-state index in [4.69, 9.17) is 0 Å². The van der Waals surface area contributed by atoms with Gasteiger partial charge in [0.2, 0.25) is 5.91 Å². The summed E-state index contributed by atoms with van der Waals surface area (Å²) in [5.41, 5.74) is 0.381. The van der Waals surface area contributed by atoms with E-state index in [1.807, 2.05) is 6.92 Å². The molecule has 1 aliphatic heterocycles. The maximum absolute atomic E-state index is 13.0. The minimum Gasteiger partial charge on any atom is -0.356 e. The Morgan fingerprint density at radius 2 is 2.04 bits per heavy atom. The number of amides is 1. The summed E-state index contributed by atoms with van der Waals surface area (Å²) in [5, 5.41) is 2.74. The smallest absolute Gasteiger partial charge is 0.303 e. The first-order chi connectivity index (χ1) is 10.9. The van der Waals surface area contributed by atoms with E-state index in [1.54, 1.807) is 0 Å². The van der Waals surface area contributed by atoms with Crippen LogP contribution in [-0.2, 0) is 15.0 Å². The van der Waals surface area contributed by atoms with Gasteiger partial charge in [-0.15, -0.1) is 0 Å². The molecule has 6 nitrogen and oxygen atoms in total. The number of hydrogen-bond acceptors (Lipinski definition) is 3. The minimum atomic E-state index is -3.75. The molecule has 0 aromatic heterocycles. The molecule has 0 bridgehead atoms. The third-order valence-corrected chi connectivity index (χ3v) is 5.86. The summed E-state index contributed by atoms with van der Waals surface area (Å²) in [6.45, 7) is 2.90. The van der Waals surface area contributed by atoms with Crippen molar-refractivity contribution in [2.75, 3.05) is 31.0 Å². The zero-order valence-electron chi connectivity index (χ0n) is 13.3. The third-order valence-electron chi connectivity index (χ3n) is 3.97. The maximum Gasteiger partial charge on any atom is 0.303 e. The first-order valence-electron chi connectivity index (χ1n) is 7.63. The van der Waals surface area contributed by atoms with Crippen molar-refractivity contribution in [1.29, 1.82) is 0 Å². The van der Waals surface area contributed by atoms with Crippen molar-refractivity contribution in [2.45, 2.75) is 19.8 Å². The largest absolute Gasteiger partial charge is 0.356 e. The van der Waals surface area contributed by atoms with Crippen LogP contribution in [0.2, 0.25) is 0 Å². The highest BCUT2D eigenvalue weighted by Crippen LogP contribution is 2.24. The number of nitrogens with zero attached hydrogens (tertiary/aromatic N) is 2. The lowest BCUT2D eigenvalue weighted by molar-refractivity contribution is -0.125. The third kappa shape index (κ3) is 4.00. The highest BCUT2D eigenvalue weighted by molar-refractivity contribution is 7.90. The van der Waals surface area contributed by atoms with Gasteiger partial charge in [-0.05, 0) is 44.0 Å². The van der Waals surface area contributed by atoms with Crippen LogP contribution >= 0.6 is 0 Å². The molecular formula is C15H22FN3O3S. The molecule has 1 N–H and O–H groups in total. The molecule has 0 spiro atoms. The number of nitrogens with one attached hydrogen (secondary N) is 1. The van der Waals surface area contributed by atoms with E-state index in [0.717, 1.165) is 4.31 Å². The molecule has 0 saturated carbocycles. The standard InChI is InChI=1S/C15H22FN3O3S/c1-3-17-15(20)12-5-4-10-19(11-12)23(21,22)18(2)14-8-6-13(16)7-9-14/h6-9,12H,3-5,10-11H2,1-2H3,(H,17,20). The van der Waals surface area contributed by atoms with Gasteiger partial charge >= 0.3 is 10.2 Å². The lowest BCUT2D eigenvalue weighted by atomic mass is 9.99. The molecule has 1 unspecified atom stereocenters. The Bertz CT molecular complexity index is 648. The Balaban J connectivity index is 2.14. The second kappa shape index (κ2) is 7.27. The number of anilines is 1. The molecule has 23 heavy (non-hydrogen) atoms. The van der Waals surface area contributed by atoms with E-state index in [-0.39, 0.29) is 18.4 Å². The lowest BCUT2D eigenvalue weighted by Gasteiger charge is -2.34. The molecule has 1 fully saturated rings. The van der Waals surface area contributed by atoms with Crippen LogP contribution in [-0.4, -0.2) is 45.3 Å². The molecule has 0 radical (unpaired) electrons. The Morgan fingerprint density at radius 3 is 2.65 bits per heavy atom. The number of piperidine rings is 1. The van der Waals surface area contributed by atoms with Gasteiger partial charge in [0.05, 0.1) is 11.6 Å². The number of rotatable bonds is 5. The van der Waals surface area contributed by atoms with E-state index in [0.29, 0.717) is 31.6 Å². The molecule has 1 aliphatic rings. The van der Waals surface area contributed by atoms with Crippen LogP contribution in [0, 0.1) is 11.7 Å². The van der Waals surface area contributed by atoms with E-state index < -0.39 is 16.0 Å². The van der Waals surface area contributed by atoms with E-state index >= 15 is 0 Å². The number of hydrogen-bond donors (Lipinski definition) is 1. The molecular weight excluding hydrogens is 321 g/mol. The molecule has 0 aliphatic carbocycles. The summed E-state index contributed by atoms with van der Waals surface area (Å²) in [4.78, 5) is 12.0. The Hall–Kier alpha value is -1.67. The second-order valence-electron chi connectivity index (χ2n) is 5.54. The predicted molar refractivity (Wildman–Crippen MR) is 86.7 cm³/mol. The van der Waals surface area contributed by atoms with E-state index in [2.05, 4.69) is 5.32 Å². The van der Waals surface area contributed by atoms with Gasteiger partial charge in [-0.2, -0.15) is 12.7 Å². The normalized spacial score (nSPS) is 19.3. The van der Waals surface area contributed by atoms with Crippen molar-refractivity contribution in [3.8, 4) is 0 Å². The molecule has 1 aromatic carbocycles. The average Bonchev–Trinajstić information content (AvgIpc) is 2.55. The molecule has 2 rings (SSSR count). The van der Waals surface area contributed by atoms with Crippen molar-refractivity contribution < 1.29 is 17.6 Å². The molecule has 128 valence electrons. The van der Waals surface area contributed by atoms with Gasteiger partial charge in [0.1, 0.15) is 5.82 Å². The first-order valence-corrected chi connectivity index (χ1v) is 9.03. The van der Waals surface area contributed by atoms with Crippen LogP contribution in [0.1, 0.15) is 19.8 Å². The summed E-state index contributed by atoms with van der Waals surface area (Å²) in [6, 6.07) is 5.26. The molecule has 1 heterocycles. The number of carbonyl (C=O) groups is 1. The number of carbonyl (C=O) groups excluding carboxylic acids is 1. The fourth-order valence-corrected chi connectivity index (χ4v) is 4.10. The van der Waals surface area contributed by atoms with Crippen molar-refractivity contribution in [3.63, 3.8) is 0 Å². The zero-order chi connectivity index (χ0) is 17.0.